The molecule has 0 aliphatic carbocycles. The molecule has 0 aromatic rings. The molecule has 222 valence electrons. The molecule has 18 N–H and O–H groups in total. The maximum Gasteiger partial charge on any atom is 0.320 e. The fraction of sp³-hybridized carbons (Fsp3) is 0.810. The molecule has 0 amide bonds. The van der Waals surface area contributed by atoms with Gasteiger partial charge in [0.25, 0.3) is 0 Å². The van der Waals surface area contributed by atoms with Crippen molar-refractivity contribution < 1.29 is 39.3 Å². The summed E-state index contributed by atoms with van der Waals surface area (Å²) in [5, 5.41) is 42.6. The highest BCUT2D eigenvalue weighted by molar-refractivity contribution is 5.74. The van der Waals surface area contributed by atoms with Gasteiger partial charge in [-0.2, -0.15) is 0 Å². The molecule has 16 heteroatoms. The molecule has 0 bridgehead atoms. The number of nitrogens with zero attached hydrogens (tertiary/aromatic N) is 1. The standard InChI is InChI=1S/C6H14N4O2.2C5H12N2O2.C5H14NO/c7-4(5(11)12)2-1-3-10-6(8)9;2*6-3-1-2-4(7)5(8)9;1-6(2,3)4-5-7/h4H,1-3,7H2,(H,11,12)(H4,8,9,10);2*4H,1-3,6-7H2,(H,8,9);7H,4-5H2,1-3H3/q;;;+1. The van der Waals surface area contributed by atoms with Crippen LogP contribution in [0.25, 0.3) is 0 Å². The number of aliphatic carboxylic acids is 3. The first-order valence-electron chi connectivity index (χ1n) is 11.8. The van der Waals surface area contributed by atoms with E-state index in [1.165, 1.54) is 0 Å². The average Bonchev–Trinajstić information content (AvgIpc) is 2.78. The Labute approximate surface area is 219 Å². The molecule has 0 fully saturated rings. The van der Waals surface area contributed by atoms with Crippen LogP contribution in [-0.4, -0.2) is 121 Å². The first kappa shape index (κ1) is 41.5. The first-order chi connectivity index (χ1) is 17.0. The molecule has 37 heavy (non-hydrogen) atoms. The molecule has 0 rings (SSSR count). The summed E-state index contributed by atoms with van der Waals surface area (Å²) in [5.74, 6) is -3.02. The number of nitrogens with one attached hydrogen (secondary N) is 2. The van der Waals surface area contributed by atoms with Gasteiger partial charge in [0.05, 0.1) is 27.7 Å². The van der Waals surface area contributed by atoms with Gasteiger partial charge in [-0.05, 0) is 51.6 Å². The van der Waals surface area contributed by atoms with Crippen LogP contribution < -0.4 is 39.7 Å². The first-order valence-corrected chi connectivity index (χ1v) is 11.8. The molecular weight excluding hydrogens is 490 g/mol. The number of hydrogen-bond donors (Lipinski definition) is 12. The summed E-state index contributed by atoms with van der Waals surface area (Å²) in [6, 6.07) is -2.30. The van der Waals surface area contributed by atoms with Crippen LogP contribution in [0.15, 0.2) is 0 Å². The van der Waals surface area contributed by atoms with Crippen LogP contribution in [0, 0.1) is 5.41 Å². The Kier molecular flexibility index (Phi) is 29.7. The van der Waals surface area contributed by atoms with Crippen LogP contribution in [0.1, 0.15) is 38.5 Å². The SMILES string of the molecule is C[N+](C)(C)CCO.N=C(N)NCCCC(N)C(=O)O.NCCCC(N)C(=O)O.NCCCC(N)C(=O)O. The van der Waals surface area contributed by atoms with Crippen molar-refractivity contribution in [2.24, 2.45) is 34.4 Å². The summed E-state index contributed by atoms with van der Waals surface area (Å²) in [6.45, 7) is 2.60. The summed E-state index contributed by atoms with van der Waals surface area (Å²) in [7, 11) is 6.16. The van der Waals surface area contributed by atoms with Gasteiger partial charge in [-0.3, -0.25) is 19.8 Å². The highest BCUT2D eigenvalue weighted by atomic mass is 16.4. The predicted molar refractivity (Wildman–Crippen MR) is 143 cm³/mol. The number of aliphatic hydroxyl groups is 1. The van der Waals surface area contributed by atoms with Crippen molar-refractivity contribution >= 4 is 23.9 Å². The van der Waals surface area contributed by atoms with Crippen molar-refractivity contribution in [1.29, 1.82) is 5.41 Å². The summed E-state index contributed by atoms with van der Waals surface area (Å²) < 4.78 is 0.844. The highest BCUT2D eigenvalue weighted by Gasteiger charge is 2.10. The molecule has 0 spiro atoms. The zero-order valence-electron chi connectivity index (χ0n) is 22.4. The number of carboxylic acids is 3. The molecular formula is C21H52N9O7+. The zero-order valence-corrected chi connectivity index (χ0v) is 22.4. The second-order valence-electron chi connectivity index (χ2n) is 8.92. The Morgan fingerprint density at radius 1 is 0.784 bits per heavy atom. The summed E-state index contributed by atoms with van der Waals surface area (Å²) in [5.41, 5.74) is 30.8. The van der Waals surface area contributed by atoms with Gasteiger partial charge in [-0.1, -0.05) is 0 Å². The van der Waals surface area contributed by atoms with E-state index in [4.69, 9.17) is 60.2 Å². The lowest BCUT2D eigenvalue weighted by Crippen LogP contribution is -2.36. The predicted octanol–water partition coefficient (Wildman–Crippen LogP) is -3.38. The summed E-state index contributed by atoms with van der Waals surface area (Å²) >= 11 is 0. The van der Waals surface area contributed by atoms with Gasteiger partial charge in [-0.25, -0.2) is 0 Å². The minimum Gasteiger partial charge on any atom is -0.480 e. The van der Waals surface area contributed by atoms with Crippen molar-refractivity contribution in [3.63, 3.8) is 0 Å². The molecule has 0 aliphatic rings. The quantitative estimate of drug-likeness (QED) is 0.0415. The fourth-order valence-electron chi connectivity index (χ4n) is 1.89. The van der Waals surface area contributed by atoms with Crippen LogP contribution in [0.2, 0.25) is 0 Å². The molecule has 3 atom stereocenters. The Hall–Kier alpha value is -2.60. The molecule has 0 aromatic heterocycles. The fourth-order valence-corrected chi connectivity index (χ4v) is 1.89. The van der Waals surface area contributed by atoms with Crippen molar-refractivity contribution in [3.8, 4) is 0 Å². The van der Waals surface area contributed by atoms with Gasteiger partial charge >= 0.3 is 17.9 Å². The normalized spacial score (nSPS) is 12.6. The van der Waals surface area contributed by atoms with Gasteiger partial charge in [0.15, 0.2) is 5.96 Å². The maximum absolute atomic E-state index is 10.2. The van der Waals surface area contributed by atoms with Gasteiger partial charge in [-0.15, -0.1) is 0 Å². The number of nitrogens with two attached hydrogens (primary N) is 6. The molecule has 3 unspecified atom stereocenters. The molecule has 0 heterocycles. The third-order valence-corrected chi connectivity index (χ3v) is 4.17. The minimum atomic E-state index is -1.00. The maximum atomic E-state index is 10.2. The largest absolute Gasteiger partial charge is 0.480 e. The Morgan fingerprint density at radius 3 is 1.30 bits per heavy atom. The molecule has 0 radical (unpaired) electrons. The van der Waals surface area contributed by atoms with E-state index < -0.39 is 36.0 Å². The van der Waals surface area contributed by atoms with E-state index in [1.54, 1.807) is 0 Å². The van der Waals surface area contributed by atoms with Crippen molar-refractivity contribution in [3.05, 3.63) is 0 Å². The number of carboxylic acid groups (broad SMARTS) is 3. The van der Waals surface area contributed by atoms with Crippen LogP contribution >= 0.6 is 0 Å². The van der Waals surface area contributed by atoms with E-state index in [0.717, 1.165) is 11.0 Å². The lowest BCUT2D eigenvalue weighted by molar-refractivity contribution is -0.870. The van der Waals surface area contributed by atoms with E-state index in [2.05, 4.69) is 26.5 Å². The number of carbonyl (C=O) groups is 3. The smallest absolute Gasteiger partial charge is 0.320 e. The lowest BCUT2D eigenvalue weighted by atomic mass is 10.2. The van der Waals surface area contributed by atoms with Crippen LogP contribution in [-0.2, 0) is 14.4 Å². The van der Waals surface area contributed by atoms with Crippen LogP contribution in [0.5, 0.6) is 0 Å². The lowest BCUT2D eigenvalue weighted by Gasteiger charge is -2.21. The molecule has 16 nitrogen and oxygen atoms in total. The van der Waals surface area contributed by atoms with Crippen LogP contribution in [0.3, 0.4) is 0 Å². The zero-order chi connectivity index (χ0) is 30.0. The van der Waals surface area contributed by atoms with Gasteiger partial charge in [0.2, 0.25) is 0 Å². The van der Waals surface area contributed by atoms with E-state index in [9.17, 15) is 14.4 Å². The van der Waals surface area contributed by atoms with E-state index >= 15 is 0 Å². The van der Waals surface area contributed by atoms with E-state index in [1.807, 2.05) is 0 Å². The third kappa shape index (κ3) is 40.8. The van der Waals surface area contributed by atoms with Crippen LogP contribution in [0.4, 0.5) is 0 Å². The van der Waals surface area contributed by atoms with Gasteiger partial charge < -0.3 is 64.6 Å². The highest BCUT2D eigenvalue weighted by Crippen LogP contribution is 1.93. The third-order valence-electron chi connectivity index (χ3n) is 4.17. The number of guanidine groups is 1. The Morgan fingerprint density at radius 2 is 1.11 bits per heavy atom. The van der Waals surface area contributed by atoms with Crippen molar-refractivity contribution in [2.75, 3.05) is 53.9 Å². The van der Waals surface area contributed by atoms with E-state index in [-0.39, 0.29) is 12.6 Å². The second-order valence-corrected chi connectivity index (χ2v) is 8.92. The summed E-state index contributed by atoms with van der Waals surface area (Å²) in [4.78, 5) is 30.3. The number of hydrogen-bond acceptors (Lipinski definition) is 10. The number of aliphatic hydroxyl groups excluding tert-OH is 1. The van der Waals surface area contributed by atoms with E-state index in [0.29, 0.717) is 58.2 Å². The minimum absolute atomic E-state index is 0.112. The second kappa shape index (κ2) is 26.5. The van der Waals surface area contributed by atoms with Gasteiger partial charge in [0, 0.05) is 6.54 Å². The topological polar surface area (TPSA) is 324 Å². The number of rotatable bonds is 15. The molecule has 0 saturated carbocycles. The molecule has 0 aliphatic heterocycles. The Bertz CT molecular complexity index is 581. The van der Waals surface area contributed by atoms with Crippen molar-refractivity contribution in [1.82, 2.24) is 5.32 Å². The number of quaternary nitrogens is 1. The Balaban J connectivity index is -0.000000200. The average molecular weight is 543 g/mol. The monoisotopic (exact) mass is 542 g/mol. The van der Waals surface area contributed by atoms with Gasteiger partial charge in [0.1, 0.15) is 24.7 Å². The molecule has 0 saturated heterocycles. The summed E-state index contributed by atoms with van der Waals surface area (Å²) in [6.07, 6.45) is 3.25. The molecule has 0 aromatic carbocycles. The van der Waals surface area contributed by atoms with Crippen molar-refractivity contribution in [2.45, 2.75) is 56.7 Å². The number of likely N-dealkylation sites (N-methyl/N-ethyl adjacent to an activating group) is 1.